The number of nitrogens with one attached hydrogen (secondary N) is 1. The highest BCUT2D eigenvalue weighted by atomic mass is 16.4. The number of aliphatic carboxylic acids is 1. The fourth-order valence-corrected chi connectivity index (χ4v) is 1.24. The number of nitrogens with two attached hydrogens (primary N) is 2. The molecule has 0 aromatic carbocycles. The third-order valence-corrected chi connectivity index (χ3v) is 2.06. The molecule has 18 heavy (non-hydrogen) atoms. The van der Waals surface area contributed by atoms with Gasteiger partial charge in [-0.25, -0.2) is 9.78 Å². The second kappa shape index (κ2) is 5.62. The van der Waals surface area contributed by atoms with Crippen molar-refractivity contribution < 1.29 is 19.5 Å². The summed E-state index contributed by atoms with van der Waals surface area (Å²) in [6.07, 6.45) is 0.836. The minimum atomic E-state index is -1.41. The van der Waals surface area contributed by atoms with Crippen molar-refractivity contribution in [2.75, 3.05) is 5.73 Å². The van der Waals surface area contributed by atoms with E-state index in [9.17, 15) is 14.4 Å². The predicted molar refractivity (Wildman–Crippen MR) is 61.4 cm³/mol. The Bertz CT molecular complexity index is 489. The van der Waals surface area contributed by atoms with Crippen molar-refractivity contribution in [2.24, 2.45) is 5.73 Å². The number of carbonyl (C=O) groups is 3. The van der Waals surface area contributed by atoms with Gasteiger partial charge in [-0.15, -0.1) is 0 Å². The summed E-state index contributed by atoms with van der Waals surface area (Å²) in [5.74, 6) is -2.98. The molecule has 1 atom stereocenters. The molecule has 1 heterocycles. The number of pyridine rings is 1. The zero-order chi connectivity index (χ0) is 13.7. The Kier molecular flexibility index (Phi) is 4.19. The van der Waals surface area contributed by atoms with Crippen LogP contribution in [-0.2, 0) is 9.59 Å². The Labute approximate surface area is 102 Å². The Morgan fingerprint density at radius 1 is 1.44 bits per heavy atom. The first-order chi connectivity index (χ1) is 8.41. The van der Waals surface area contributed by atoms with Crippen LogP contribution in [0.4, 0.5) is 5.69 Å². The number of carbonyl (C=O) groups excluding carboxylic acids is 2. The Hall–Kier alpha value is -2.64. The summed E-state index contributed by atoms with van der Waals surface area (Å²) in [6, 6.07) is 1.58. The van der Waals surface area contributed by atoms with Gasteiger partial charge in [-0.3, -0.25) is 9.59 Å². The predicted octanol–water partition coefficient (Wildman–Crippen LogP) is -1.28. The van der Waals surface area contributed by atoms with Gasteiger partial charge in [0.1, 0.15) is 6.04 Å². The second-order valence-electron chi connectivity index (χ2n) is 3.48. The number of hydrogen-bond donors (Lipinski definition) is 4. The summed E-state index contributed by atoms with van der Waals surface area (Å²) in [5.41, 5.74) is 10.4. The molecule has 0 saturated carbocycles. The van der Waals surface area contributed by atoms with E-state index in [0.717, 1.165) is 0 Å². The van der Waals surface area contributed by atoms with Crippen LogP contribution >= 0.6 is 0 Å². The summed E-state index contributed by atoms with van der Waals surface area (Å²) in [6.45, 7) is 0. The molecule has 8 nitrogen and oxygen atoms in total. The van der Waals surface area contributed by atoms with E-state index in [1.54, 1.807) is 0 Å². The number of anilines is 1. The molecule has 0 bridgehead atoms. The van der Waals surface area contributed by atoms with Crippen LogP contribution in [0.25, 0.3) is 0 Å². The van der Waals surface area contributed by atoms with Crippen LogP contribution in [-0.4, -0.2) is 33.9 Å². The Morgan fingerprint density at radius 3 is 2.61 bits per heavy atom. The van der Waals surface area contributed by atoms with E-state index in [-0.39, 0.29) is 11.4 Å². The average molecular weight is 252 g/mol. The molecular weight excluding hydrogens is 240 g/mol. The van der Waals surface area contributed by atoms with Gasteiger partial charge in [0.15, 0.2) is 5.69 Å². The van der Waals surface area contributed by atoms with Crippen molar-refractivity contribution in [3.8, 4) is 0 Å². The third-order valence-electron chi connectivity index (χ3n) is 2.06. The van der Waals surface area contributed by atoms with Crippen molar-refractivity contribution in [1.29, 1.82) is 0 Å². The Balaban J connectivity index is 2.82. The Morgan fingerprint density at radius 2 is 2.11 bits per heavy atom. The van der Waals surface area contributed by atoms with Crippen LogP contribution in [0.1, 0.15) is 16.9 Å². The highest BCUT2D eigenvalue weighted by Gasteiger charge is 2.23. The number of rotatable bonds is 5. The monoisotopic (exact) mass is 252 g/mol. The van der Waals surface area contributed by atoms with E-state index in [2.05, 4.69) is 10.3 Å². The standard InChI is InChI=1S/C10H12N4O4/c11-5-2-1-3-13-8(5)9(16)14-6(10(17)18)4-7(12)15/h1-3,6H,4,11H2,(H2,12,15)(H,14,16)(H,17,18)/t6-/m1/s1. The molecule has 0 radical (unpaired) electrons. The zero-order valence-electron chi connectivity index (χ0n) is 9.29. The maximum atomic E-state index is 11.7. The molecule has 96 valence electrons. The van der Waals surface area contributed by atoms with E-state index in [1.807, 2.05) is 0 Å². The number of carboxylic acid groups (broad SMARTS) is 1. The largest absolute Gasteiger partial charge is 0.480 e. The van der Waals surface area contributed by atoms with Crippen LogP contribution in [0.3, 0.4) is 0 Å². The van der Waals surface area contributed by atoms with Crippen LogP contribution < -0.4 is 16.8 Å². The maximum absolute atomic E-state index is 11.7. The molecule has 1 aromatic rings. The number of nitrogens with zero attached hydrogens (tertiary/aromatic N) is 1. The minimum absolute atomic E-state index is 0.103. The number of nitrogen functional groups attached to an aromatic ring is 1. The van der Waals surface area contributed by atoms with Crippen molar-refractivity contribution in [3.05, 3.63) is 24.0 Å². The van der Waals surface area contributed by atoms with Crippen molar-refractivity contribution >= 4 is 23.5 Å². The number of hydrogen-bond acceptors (Lipinski definition) is 5. The van der Waals surface area contributed by atoms with E-state index >= 15 is 0 Å². The molecule has 0 saturated heterocycles. The molecule has 0 aliphatic heterocycles. The molecule has 1 aromatic heterocycles. The van der Waals surface area contributed by atoms with Gasteiger partial charge in [-0.1, -0.05) is 0 Å². The molecule has 6 N–H and O–H groups in total. The molecule has 0 aliphatic carbocycles. The molecule has 0 unspecified atom stereocenters. The first-order valence-electron chi connectivity index (χ1n) is 4.94. The second-order valence-corrected chi connectivity index (χ2v) is 3.48. The molecule has 0 spiro atoms. The lowest BCUT2D eigenvalue weighted by molar-refractivity contribution is -0.140. The number of aromatic nitrogens is 1. The average Bonchev–Trinajstić information content (AvgIpc) is 2.27. The van der Waals surface area contributed by atoms with Gasteiger partial charge >= 0.3 is 5.97 Å². The SMILES string of the molecule is NC(=O)C[C@@H](NC(=O)c1ncccc1N)C(=O)O. The fourth-order valence-electron chi connectivity index (χ4n) is 1.24. The van der Waals surface area contributed by atoms with Gasteiger partial charge in [0, 0.05) is 6.20 Å². The van der Waals surface area contributed by atoms with Crippen LogP contribution in [0.2, 0.25) is 0 Å². The van der Waals surface area contributed by atoms with Gasteiger partial charge in [-0.2, -0.15) is 0 Å². The highest BCUT2D eigenvalue weighted by molar-refractivity contribution is 5.99. The lowest BCUT2D eigenvalue weighted by Gasteiger charge is -2.12. The van der Waals surface area contributed by atoms with Crippen LogP contribution in [0.15, 0.2) is 18.3 Å². The maximum Gasteiger partial charge on any atom is 0.326 e. The van der Waals surface area contributed by atoms with E-state index in [1.165, 1.54) is 18.3 Å². The molecule has 0 aliphatic rings. The van der Waals surface area contributed by atoms with E-state index in [4.69, 9.17) is 16.6 Å². The minimum Gasteiger partial charge on any atom is -0.480 e. The molecule has 8 heteroatoms. The number of amides is 2. The summed E-state index contributed by atoms with van der Waals surface area (Å²) >= 11 is 0. The molecule has 2 amide bonds. The smallest absolute Gasteiger partial charge is 0.326 e. The quantitative estimate of drug-likeness (QED) is 0.513. The van der Waals surface area contributed by atoms with Gasteiger partial charge in [0.25, 0.3) is 5.91 Å². The highest BCUT2D eigenvalue weighted by Crippen LogP contribution is 2.07. The van der Waals surface area contributed by atoms with Crippen molar-refractivity contribution in [3.63, 3.8) is 0 Å². The van der Waals surface area contributed by atoms with Crippen LogP contribution in [0.5, 0.6) is 0 Å². The first kappa shape index (κ1) is 13.4. The summed E-state index contributed by atoms with van der Waals surface area (Å²) < 4.78 is 0. The zero-order valence-corrected chi connectivity index (χ0v) is 9.29. The third kappa shape index (κ3) is 3.44. The summed E-state index contributed by atoms with van der Waals surface area (Å²) in [5, 5.41) is 10.9. The lowest BCUT2D eigenvalue weighted by atomic mass is 10.2. The number of carboxylic acids is 1. The normalized spacial score (nSPS) is 11.6. The van der Waals surface area contributed by atoms with Crippen molar-refractivity contribution in [1.82, 2.24) is 10.3 Å². The van der Waals surface area contributed by atoms with Gasteiger partial charge in [0.2, 0.25) is 5.91 Å². The molecule has 0 fully saturated rings. The molecular formula is C10H12N4O4. The van der Waals surface area contributed by atoms with E-state index < -0.39 is 30.2 Å². The summed E-state index contributed by atoms with van der Waals surface area (Å²) in [7, 11) is 0. The fraction of sp³-hybridized carbons (Fsp3) is 0.200. The lowest BCUT2D eigenvalue weighted by Crippen LogP contribution is -2.43. The van der Waals surface area contributed by atoms with Gasteiger partial charge in [0.05, 0.1) is 12.1 Å². The van der Waals surface area contributed by atoms with Gasteiger partial charge < -0.3 is 21.9 Å². The van der Waals surface area contributed by atoms with Crippen molar-refractivity contribution in [2.45, 2.75) is 12.5 Å². The topological polar surface area (TPSA) is 148 Å². The van der Waals surface area contributed by atoms with E-state index in [0.29, 0.717) is 0 Å². The van der Waals surface area contributed by atoms with Crippen LogP contribution in [0, 0.1) is 0 Å². The summed E-state index contributed by atoms with van der Waals surface area (Å²) in [4.78, 5) is 36.9. The number of primary amides is 1. The van der Waals surface area contributed by atoms with Gasteiger partial charge in [-0.05, 0) is 12.1 Å². The first-order valence-corrected chi connectivity index (χ1v) is 4.94. The molecule has 1 rings (SSSR count).